The van der Waals surface area contributed by atoms with Crippen LogP contribution in [0.3, 0.4) is 0 Å². The zero-order valence-electron chi connectivity index (χ0n) is 27.5. The molecule has 5 aliphatic heterocycles. The van der Waals surface area contributed by atoms with Crippen molar-refractivity contribution in [2.24, 2.45) is 0 Å². The molecule has 0 spiro atoms. The minimum Gasteiger partial charge on any atom is -0.504 e. The van der Waals surface area contributed by atoms with E-state index in [0.717, 1.165) is 5.56 Å². The number of piperazine rings is 1. The number of rotatable bonds is 4. The molecule has 5 aliphatic rings. The first kappa shape index (κ1) is 31.4. The van der Waals surface area contributed by atoms with E-state index in [0.29, 0.717) is 67.6 Å². The molecule has 13 heteroatoms. The van der Waals surface area contributed by atoms with Crippen LogP contribution >= 0.6 is 11.6 Å². The van der Waals surface area contributed by atoms with Gasteiger partial charge in [-0.15, -0.1) is 0 Å². The highest BCUT2D eigenvalue weighted by Gasteiger charge is 2.58. The second-order valence-electron chi connectivity index (χ2n) is 13.2. The molecule has 3 aromatic rings. The van der Waals surface area contributed by atoms with Crippen molar-refractivity contribution in [1.82, 2.24) is 14.7 Å². The summed E-state index contributed by atoms with van der Waals surface area (Å²) in [6, 6.07) is 6.28. The molecule has 2 amide bonds. The molecule has 8 rings (SSSR count). The summed E-state index contributed by atoms with van der Waals surface area (Å²) in [6.07, 6.45) is 0.624. The maximum absolute atomic E-state index is 13.8. The van der Waals surface area contributed by atoms with E-state index in [2.05, 4.69) is 15.9 Å². The van der Waals surface area contributed by atoms with Gasteiger partial charge in [0.2, 0.25) is 6.79 Å². The van der Waals surface area contributed by atoms with E-state index >= 15 is 0 Å². The van der Waals surface area contributed by atoms with Gasteiger partial charge in [-0.1, -0.05) is 23.7 Å². The monoisotopic (exact) mass is 684 g/mol. The van der Waals surface area contributed by atoms with E-state index in [4.69, 9.17) is 30.5 Å². The number of esters is 1. The number of ether oxygens (including phenoxy) is 4. The molecule has 1 N–H and O–H groups in total. The number of amides is 2. The summed E-state index contributed by atoms with van der Waals surface area (Å²) in [5, 5.41) is 23.2. The van der Waals surface area contributed by atoms with Gasteiger partial charge >= 0.3 is 5.97 Å². The molecule has 252 valence electrons. The Morgan fingerprint density at radius 2 is 1.67 bits per heavy atom. The Kier molecular flexibility index (Phi) is 7.12. The quantitative estimate of drug-likeness (QED) is 0.238. The fourth-order valence-electron chi connectivity index (χ4n) is 8.88. The number of aromatic hydroxyl groups is 1. The van der Waals surface area contributed by atoms with Gasteiger partial charge in [0.15, 0.2) is 23.0 Å². The molecule has 5 atom stereocenters. The maximum Gasteiger partial charge on any atom is 0.308 e. The number of carbonyl (C=O) groups is 3. The fraction of sp³-hybridized carbons (Fsp3) is 0.389. The SMILES string of the molecule is COc1c(C)c(Cl)c2c(c1O)C1C3Cc4c(OC(C)=O)c(C)c5c(c4[C@H](CN4C(=O)c6ccccc6C4=O)N3C(C#N)C(C2)N1C)OCO5. The summed E-state index contributed by atoms with van der Waals surface area (Å²) in [5.41, 5.74) is 4.35. The third-order valence-electron chi connectivity index (χ3n) is 10.9. The van der Waals surface area contributed by atoms with Gasteiger partial charge in [0.1, 0.15) is 11.8 Å². The molecule has 4 unspecified atom stereocenters. The van der Waals surface area contributed by atoms with Crippen LogP contribution in [-0.2, 0) is 17.6 Å². The molecule has 1 fully saturated rings. The minimum atomic E-state index is -0.781. The van der Waals surface area contributed by atoms with Crippen molar-refractivity contribution in [3.8, 4) is 34.8 Å². The molecule has 2 bridgehead atoms. The van der Waals surface area contributed by atoms with E-state index in [-0.39, 0.29) is 37.3 Å². The molecule has 49 heavy (non-hydrogen) atoms. The van der Waals surface area contributed by atoms with E-state index in [1.54, 1.807) is 38.1 Å². The third kappa shape index (κ3) is 4.19. The zero-order valence-corrected chi connectivity index (χ0v) is 28.3. The second kappa shape index (κ2) is 11.1. The van der Waals surface area contributed by atoms with Crippen LogP contribution in [0.5, 0.6) is 28.7 Å². The van der Waals surface area contributed by atoms with Crippen LogP contribution in [0.25, 0.3) is 0 Å². The smallest absolute Gasteiger partial charge is 0.308 e. The van der Waals surface area contributed by atoms with Gasteiger partial charge in [0, 0.05) is 53.4 Å². The van der Waals surface area contributed by atoms with Crippen LogP contribution in [0.2, 0.25) is 5.02 Å². The number of methoxy groups -OCH3 is 1. The predicted molar refractivity (Wildman–Crippen MR) is 174 cm³/mol. The third-order valence-corrected chi connectivity index (χ3v) is 11.4. The first-order chi connectivity index (χ1) is 23.5. The predicted octanol–water partition coefficient (Wildman–Crippen LogP) is 4.39. The Hall–Kier alpha value is -4.83. The molecule has 1 saturated heterocycles. The van der Waals surface area contributed by atoms with Crippen molar-refractivity contribution in [3.05, 3.63) is 73.8 Å². The summed E-state index contributed by atoms with van der Waals surface area (Å²) >= 11 is 6.98. The number of halogens is 1. The van der Waals surface area contributed by atoms with Gasteiger partial charge < -0.3 is 24.1 Å². The number of hydrogen-bond acceptors (Lipinski definition) is 11. The van der Waals surface area contributed by atoms with Crippen LogP contribution in [-0.4, -0.2) is 83.2 Å². The largest absolute Gasteiger partial charge is 0.504 e. The molecule has 0 saturated carbocycles. The number of phenols is 1. The van der Waals surface area contributed by atoms with Crippen molar-refractivity contribution in [1.29, 1.82) is 5.26 Å². The number of imide groups is 1. The summed E-state index contributed by atoms with van der Waals surface area (Å²) in [4.78, 5) is 45.6. The molecule has 0 aliphatic carbocycles. The number of carbonyl (C=O) groups excluding carboxylic acids is 3. The van der Waals surface area contributed by atoms with Crippen molar-refractivity contribution in [3.63, 3.8) is 0 Å². The van der Waals surface area contributed by atoms with E-state index in [1.807, 2.05) is 7.05 Å². The average molecular weight is 685 g/mol. The molecule has 3 aromatic carbocycles. The second-order valence-corrected chi connectivity index (χ2v) is 13.6. The fourth-order valence-corrected chi connectivity index (χ4v) is 9.15. The van der Waals surface area contributed by atoms with Crippen LogP contribution < -0.4 is 18.9 Å². The Morgan fingerprint density at radius 3 is 2.31 bits per heavy atom. The number of phenolic OH excluding ortho intramolecular Hbond substituents is 1. The lowest BCUT2D eigenvalue weighted by Gasteiger charge is -2.60. The highest BCUT2D eigenvalue weighted by Crippen LogP contribution is 2.59. The average Bonchev–Trinajstić information content (AvgIpc) is 3.66. The van der Waals surface area contributed by atoms with Gasteiger partial charge in [-0.2, -0.15) is 5.26 Å². The van der Waals surface area contributed by atoms with Crippen molar-refractivity contribution in [2.45, 2.75) is 63.8 Å². The van der Waals surface area contributed by atoms with Crippen molar-refractivity contribution < 1.29 is 38.4 Å². The normalized spacial score (nSPS) is 24.9. The highest BCUT2D eigenvalue weighted by atomic mass is 35.5. The minimum absolute atomic E-state index is 0.0326. The Bertz CT molecular complexity index is 2020. The van der Waals surface area contributed by atoms with Crippen LogP contribution in [0.1, 0.15) is 73.1 Å². The van der Waals surface area contributed by atoms with Gasteiger partial charge in [-0.3, -0.25) is 29.1 Å². The maximum atomic E-state index is 13.8. The standard InChI is InChI=1S/C36H33ClN4O8/c1-15-28(37)20-10-22-24(12-38)41-23(29(39(22)4)27(20)30(43)32(15)46-5)11-21-26(34-33(47-14-48-34)16(2)31(21)49-17(3)42)25(41)13-40-35(44)18-8-6-7-9-19(18)36(40)45/h6-9,22-25,29,43H,10-11,13-14H2,1-5H3/t22?,23?,24?,25-,29?/m0/s1. The lowest BCUT2D eigenvalue weighted by atomic mass is 9.71. The summed E-state index contributed by atoms with van der Waals surface area (Å²) in [7, 11) is 3.40. The number of fused-ring (bicyclic) bond motifs is 10. The van der Waals surface area contributed by atoms with E-state index < -0.39 is 42.0 Å². The van der Waals surface area contributed by atoms with Crippen LogP contribution in [0.4, 0.5) is 0 Å². The molecular weight excluding hydrogens is 652 g/mol. The molecular formula is C36H33ClN4O8. The summed E-state index contributed by atoms with van der Waals surface area (Å²) in [5.74, 6) is -0.0560. The highest BCUT2D eigenvalue weighted by molar-refractivity contribution is 6.32. The topological polar surface area (TPSA) is 142 Å². The summed E-state index contributed by atoms with van der Waals surface area (Å²) in [6.45, 7) is 4.69. The van der Waals surface area contributed by atoms with Gasteiger partial charge in [0.25, 0.3) is 11.8 Å². The lowest BCUT2D eigenvalue weighted by Crippen LogP contribution is -2.69. The van der Waals surface area contributed by atoms with Crippen LogP contribution in [0.15, 0.2) is 24.3 Å². The number of nitrogens with zero attached hydrogens (tertiary/aromatic N) is 4. The Balaban J connectivity index is 1.39. The van der Waals surface area contributed by atoms with Gasteiger partial charge in [0.05, 0.1) is 41.4 Å². The number of hydrogen-bond donors (Lipinski definition) is 1. The van der Waals surface area contributed by atoms with Gasteiger partial charge in [-0.05, 0) is 51.4 Å². The Morgan fingerprint density at radius 1 is 1.02 bits per heavy atom. The lowest BCUT2D eigenvalue weighted by molar-refractivity contribution is -0.132. The molecule has 12 nitrogen and oxygen atoms in total. The zero-order chi connectivity index (χ0) is 34.6. The number of likely N-dealkylation sites (N-methyl/N-ethyl adjacent to an activating group) is 1. The van der Waals surface area contributed by atoms with Crippen molar-refractivity contribution in [2.75, 3.05) is 27.5 Å². The first-order valence-corrected chi connectivity index (χ1v) is 16.4. The number of nitriles is 1. The molecule has 5 heterocycles. The Labute approximate surface area is 287 Å². The van der Waals surface area contributed by atoms with E-state index in [9.17, 15) is 24.8 Å². The molecule has 0 radical (unpaired) electrons. The first-order valence-electron chi connectivity index (χ1n) is 16.0. The van der Waals surface area contributed by atoms with E-state index in [1.165, 1.54) is 18.9 Å². The van der Waals surface area contributed by atoms with Crippen LogP contribution in [0, 0.1) is 25.2 Å². The number of benzene rings is 3. The molecule has 0 aromatic heterocycles. The summed E-state index contributed by atoms with van der Waals surface area (Å²) < 4.78 is 23.5. The van der Waals surface area contributed by atoms with Crippen molar-refractivity contribution >= 4 is 29.4 Å². The van der Waals surface area contributed by atoms with Gasteiger partial charge in [-0.25, -0.2) is 0 Å².